The van der Waals surface area contributed by atoms with Gasteiger partial charge in [0.2, 0.25) is 5.78 Å². The molecule has 1 atom stereocenters. The molecule has 0 spiro atoms. The highest BCUT2D eigenvalue weighted by Crippen LogP contribution is 2.20. The van der Waals surface area contributed by atoms with Crippen molar-refractivity contribution in [3.63, 3.8) is 0 Å². The standard InChI is InChI=1S/C23H25N3O5/c1-12-20(14(3)27)13(2)24-21(12)22(29)15(4)31-19(28)11-7-10-18-25-17-9-6-5-8-16(17)23(30)26-18/h5-6,8-9,15,24H,7,10-11H2,1-4H3,(H,25,26,30)/t15-/m0/s1. The number of ether oxygens (including phenoxy) is 1. The van der Waals surface area contributed by atoms with Gasteiger partial charge in [-0.3, -0.25) is 19.2 Å². The van der Waals surface area contributed by atoms with Crippen LogP contribution in [0.25, 0.3) is 10.9 Å². The molecular weight excluding hydrogens is 398 g/mol. The number of aromatic amines is 2. The molecule has 0 aliphatic heterocycles. The van der Waals surface area contributed by atoms with Gasteiger partial charge in [0.05, 0.1) is 16.6 Å². The summed E-state index contributed by atoms with van der Waals surface area (Å²) in [5, 5.41) is 0.515. The summed E-state index contributed by atoms with van der Waals surface area (Å²) in [5.41, 5.74) is 2.32. The maximum absolute atomic E-state index is 12.7. The van der Waals surface area contributed by atoms with Gasteiger partial charge in [-0.2, -0.15) is 0 Å². The van der Waals surface area contributed by atoms with E-state index in [-0.39, 0.29) is 29.2 Å². The van der Waals surface area contributed by atoms with Crippen molar-refractivity contribution in [2.75, 3.05) is 0 Å². The van der Waals surface area contributed by atoms with Crippen LogP contribution in [0, 0.1) is 13.8 Å². The van der Waals surface area contributed by atoms with Crippen molar-refractivity contribution in [1.82, 2.24) is 15.0 Å². The molecule has 0 unspecified atom stereocenters. The maximum Gasteiger partial charge on any atom is 0.306 e. The maximum atomic E-state index is 12.7. The Morgan fingerprint density at radius 3 is 2.52 bits per heavy atom. The minimum Gasteiger partial charge on any atom is -0.454 e. The topological polar surface area (TPSA) is 122 Å². The van der Waals surface area contributed by atoms with E-state index >= 15 is 0 Å². The summed E-state index contributed by atoms with van der Waals surface area (Å²) in [6.07, 6.45) is -0.0946. The van der Waals surface area contributed by atoms with Gasteiger partial charge in [0, 0.05) is 24.1 Å². The molecule has 2 N–H and O–H groups in total. The second kappa shape index (κ2) is 9.07. The van der Waals surface area contributed by atoms with Gasteiger partial charge >= 0.3 is 5.97 Å². The summed E-state index contributed by atoms with van der Waals surface area (Å²) in [6.45, 7) is 6.37. The van der Waals surface area contributed by atoms with Gasteiger partial charge in [0.25, 0.3) is 5.56 Å². The first-order valence-electron chi connectivity index (χ1n) is 10.1. The molecule has 0 aliphatic carbocycles. The van der Waals surface area contributed by atoms with E-state index in [0.29, 0.717) is 46.4 Å². The monoisotopic (exact) mass is 423 g/mol. The van der Waals surface area contributed by atoms with Crippen molar-refractivity contribution < 1.29 is 19.1 Å². The zero-order chi connectivity index (χ0) is 22.7. The molecule has 0 saturated heterocycles. The number of benzene rings is 1. The summed E-state index contributed by atoms with van der Waals surface area (Å²) in [6, 6.07) is 7.04. The van der Waals surface area contributed by atoms with E-state index in [1.165, 1.54) is 13.8 Å². The van der Waals surface area contributed by atoms with Crippen molar-refractivity contribution in [1.29, 1.82) is 0 Å². The molecule has 1 aromatic carbocycles. The first-order chi connectivity index (χ1) is 14.7. The van der Waals surface area contributed by atoms with Crippen LogP contribution >= 0.6 is 0 Å². The number of H-pyrrole nitrogens is 2. The van der Waals surface area contributed by atoms with Crippen molar-refractivity contribution in [3.05, 3.63) is 63.0 Å². The summed E-state index contributed by atoms with van der Waals surface area (Å²) in [4.78, 5) is 58.8. The van der Waals surface area contributed by atoms with Gasteiger partial charge in [-0.1, -0.05) is 12.1 Å². The number of hydrogen-bond donors (Lipinski definition) is 2. The van der Waals surface area contributed by atoms with Crippen LogP contribution in [-0.2, 0) is 16.0 Å². The molecule has 2 aromatic heterocycles. The van der Waals surface area contributed by atoms with Gasteiger partial charge in [-0.15, -0.1) is 0 Å². The Balaban J connectivity index is 1.57. The highest BCUT2D eigenvalue weighted by Gasteiger charge is 2.25. The number of ketones is 2. The Morgan fingerprint density at radius 2 is 1.84 bits per heavy atom. The molecule has 2 heterocycles. The number of Topliss-reactive ketones (excluding diaryl/α,β-unsaturated/α-hetero) is 2. The normalized spacial score (nSPS) is 12.0. The number of nitrogens with zero attached hydrogens (tertiary/aromatic N) is 1. The summed E-state index contributed by atoms with van der Waals surface area (Å²) < 4.78 is 5.28. The summed E-state index contributed by atoms with van der Waals surface area (Å²) >= 11 is 0. The highest BCUT2D eigenvalue weighted by molar-refractivity contribution is 6.05. The Bertz CT molecular complexity index is 1220. The third-order valence-electron chi connectivity index (χ3n) is 5.17. The highest BCUT2D eigenvalue weighted by atomic mass is 16.5. The second-order valence-electron chi connectivity index (χ2n) is 7.56. The number of hydrogen-bond acceptors (Lipinski definition) is 6. The lowest BCUT2D eigenvalue weighted by Gasteiger charge is -2.12. The van der Waals surface area contributed by atoms with Crippen LogP contribution in [0.4, 0.5) is 0 Å². The number of fused-ring (bicyclic) bond motifs is 1. The average Bonchev–Trinajstić information content (AvgIpc) is 3.01. The zero-order valence-corrected chi connectivity index (χ0v) is 18.0. The number of rotatable bonds is 8. The number of carbonyl (C=O) groups excluding carboxylic acids is 3. The van der Waals surface area contributed by atoms with Crippen molar-refractivity contribution in [2.24, 2.45) is 0 Å². The predicted octanol–water partition coefficient (Wildman–Crippen LogP) is 3.21. The van der Waals surface area contributed by atoms with E-state index in [1.54, 1.807) is 38.1 Å². The number of para-hydroxylation sites is 1. The molecule has 3 aromatic rings. The van der Waals surface area contributed by atoms with Gasteiger partial charge < -0.3 is 14.7 Å². The third-order valence-corrected chi connectivity index (χ3v) is 5.17. The minimum atomic E-state index is -0.984. The van der Waals surface area contributed by atoms with E-state index in [4.69, 9.17) is 4.74 Å². The van der Waals surface area contributed by atoms with Crippen molar-refractivity contribution >= 4 is 28.4 Å². The summed E-state index contributed by atoms with van der Waals surface area (Å²) in [7, 11) is 0. The molecule has 3 rings (SSSR count). The first kappa shape index (κ1) is 22.1. The molecule has 0 saturated carbocycles. The Morgan fingerprint density at radius 1 is 1.13 bits per heavy atom. The SMILES string of the molecule is CC(=O)c1c(C)[nH]c(C(=O)[C@H](C)OC(=O)CCCc2nc3ccccc3c(=O)[nH]2)c1C. The zero-order valence-electron chi connectivity index (χ0n) is 18.0. The fraction of sp³-hybridized carbons (Fsp3) is 0.348. The Kier molecular flexibility index (Phi) is 6.48. The second-order valence-corrected chi connectivity index (χ2v) is 7.56. The predicted molar refractivity (Wildman–Crippen MR) is 115 cm³/mol. The van der Waals surface area contributed by atoms with Crippen LogP contribution in [0.1, 0.15) is 64.6 Å². The first-order valence-corrected chi connectivity index (χ1v) is 10.1. The lowest BCUT2D eigenvalue weighted by atomic mass is 10.0. The van der Waals surface area contributed by atoms with Crippen LogP contribution in [0.15, 0.2) is 29.1 Å². The number of aryl methyl sites for hydroxylation is 2. The number of carbonyl (C=O) groups is 3. The number of aromatic nitrogens is 3. The quantitative estimate of drug-likeness (QED) is 0.424. The molecule has 8 heteroatoms. The van der Waals surface area contributed by atoms with E-state index in [0.717, 1.165) is 0 Å². The number of esters is 1. The van der Waals surface area contributed by atoms with Crippen molar-refractivity contribution in [2.45, 2.75) is 53.1 Å². The molecule has 31 heavy (non-hydrogen) atoms. The Labute approximate surface area is 179 Å². The third kappa shape index (κ3) is 4.79. The molecule has 0 fully saturated rings. The molecular formula is C23H25N3O5. The Hall–Kier alpha value is -3.55. The van der Waals surface area contributed by atoms with E-state index < -0.39 is 12.1 Å². The van der Waals surface area contributed by atoms with Crippen LogP contribution < -0.4 is 5.56 Å². The van der Waals surface area contributed by atoms with Crippen LogP contribution in [0.3, 0.4) is 0 Å². The van der Waals surface area contributed by atoms with Crippen molar-refractivity contribution in [3.8, 4) is 0 Å². The minimum absolute atomic E-state index is 0.0790. The van der Waals surface area contributed by atoms with Crippen LogP contribution in [0.2, 0.25) is 0 Å². The molecule has 0 aliphatic rings. The van der Waals surface area contributed by atoms with Gasteiger partial charge in [0.1, 0.15) is 5.82 Å². The fourth-order valence-corrected chi connectivity index (χ4v) is 3.69. The molecule has 8 nitrogen and oxygen atoms in total. The summed E-state index contributed by atoms with van der Waals surface area (Å²) in [5.74, 6) is -0.538. The largest absolute Gasteiger partial charge is 0.454 e. The van der Waals surface area contributed by atoms with E-state index in [2.05, 4.69) is 15.0 Å². The lowest BCUT2D eigenvalue weighted by molar-refractivity contribution is -0.146. The van der Waals surface area contributed by atoms with Gasteiger partial charge in [0.15, 0.2) is 11.9 Å². The van der Waals surface area contributed by atoms with E-state index in [1.807, 2.05) is 0 Å². The van der Waals surface area contributed by atoms with Gasteiger partial charge in [-0.05, 0) is 51.8 Å². The molecule has 0 radical (unpaired) electrons. The fourth-order valence-electron chi connectivity index (χ4n) is 3.69. The smallest absolute Gasteiger partial charge is 0.306 e. The average molecular weight is 423 g/mol. The molecule has 0 bridgehead atoms. The molecule has 0 amide bonds. The number of nitrogens with one attached hydrogen (secondary N) is 2. The van der Waals surface area contributed by atoms with Gasteiger partial charge in [-0.25, -0.2) is 4.98 Å². The van der Waals surface area contributed by atoms with E-state index in [9.17, 15) is 19.2 Å². The molecule has 162 valence electrons. The lowest BCUT2D eigenvalue weighted by Crippen LogP contribution is -2.25. The van der Waals surface area contributed by atoms with Crippen LogP contribution in [0.5, 0.6) is 0 Å². The van der Waals surface area contributed by atoms with Crippen LogP contribution in [-0.4, -0.2) is 38.6 Å².